The average Bonchev–Trinajstić information content (AvgIpc) is 2.96. The normalized spacial score (nSPS) is 15.2. The number of H-pyrrole nitrogens is 1. The summed E-state index contributed by atoms with van der Waals surface area (Å²) < 4.78 is 27.0. The Bertz CT molecular complexity index is 964. The number of aromatic amines is 1. The number of anilines is 1. The highest BCUT2D eigenvalue weighted by Crippen LogP contribution is 2.29. The fraction of sp³-hybridized carbons (Fsp3) is 0.357. The molecule has 0 bridgehead atoms. The Morgan fingerprint density at radius 3 is 2.88 bits per heavy atom. The Hall–Kier alpha value is -2.08. The topological polar surface area (TPSA) is 115 Å². The van der Waals surface area contributed by atoms with E-state index in [4.69, 9.17) is 0 Å². The van der Waals surface area contributed by atoms with Gasteiger partial charge in [-0.3, -0.25) is 14.9 Å². The van der Waals surface area contributed by atoms with Crippen LogP contribution < -0.4 is 10.9 Å². The maximum Gasteiger partial charge on any atom is 0.281 e. The van der Waals surface area contributed by atoms with Gasteiger partial charge >= 0.3 is 0 Å². The molecule has 0 radical (unpaired) electrons. The molecule has 0 fully saturated rings. The van der Waals surface area contributed by atoms with Gasteiger partial charge in [0.15, 0.2) is 5.13 Å². The summed E-state index contributed by atoms with van der Waals surface area (Å²) in [6.07, 6.45) is 1.92. The molecule has 1 aliphatic rings. The van der Waals surface area contributed by atoms with Gasteiger partial charge in [-0.15, -0.1) is 11.3 Å². The number of nitrogens with zero attached hydrogens (tertiary/aromatic N) is 3. The minimum absolute atomic E-state index is 0.00696. The van der Waals surface area contributed by atoms with Crippen LogP contribution in [-0.2, 0) is 23.2 Å². The van der Waals surface area contributed by atoms with Crippen LogP contribution in [0.2, 0.25) is 0 Å². The number of rotatable bonds is 4. The Morgan fingerprint density at radius 1 is 1.44 bits per heavy atom. The number of thiazole rings is 1. The van der Waals surface area contributed by atoms with Crippen molar-refractivity contribution >= 4 is 32.6 Å². The molecule has 2 aromatic heterocycles. The SMILES string of the molecule is CN(C)S(=O)(=O)N1CCc2nc(NC(=O)c3ccc[nH]c3=O)sc2C1. The molecule has 0 aliphatic carbocycles. The lowest BCUT2D eigenvalue weighted by molar-refractivity contribution is 0.102. The highest BCUT2D eigenvalue weighted by atomic mass is 32.2. The Labute approximate surface area is 148 Å². The Kier molecular flexibility index (Phi) is 4.73. The molecule has 1 aliphatic heterocycles. The van der Waals surface area contributed by atoms with Crippen molar-refractivity contribution in [2.75, 3.05) is 26.0 Å². The Balaban J connectivity index is 1.78. The molecule has 9 nitrogen and oxygen atoms in total. The van der Waals surface area contributed by atoms with E-state index in [0.29, 0.717) is 18.1 Å². The molecule has 3 rings (SSSR count). The van der Waals surface area contributed by atoms with Gasteiger partial charge in [0.25, 0.3) is 21.7 Å². The van der Waals surface area contributed by atoms with Gasteiger partial charge in [-0.2, -0.15) is 17.0 Å². The quantitative estimate of drug-likeness (QED) is 0.785. The van der Waals surface area contributed by atoms with Gasteiger partial charge in [0.1, 0.15) is 5.56 Å². The van der Waals surface area contributed by atoms with Crippen LogP contribution in [0.15, 0.2) is 23.1 Å². The van der Waals surface area contributed by atoms with Crippen molar-refractivity contribution < 1.29 is 13.2 Å². The largest absolute Gasteiger partial charge is 0.328 e. The first-order chi connectivity index (χ1) is 11.8. The van der Waals surface area contributed by atoms with Gasteiger partial charge in [0.2, 0.25) is 0 Å². The highest BCUT2D eigenvalue weighted by molar-refractivity contribution is 7.86. The van der Waals surface area contributed by atoms with Gasteiger partial charge in [-0.1, -0.05) is 0 Å². The summed E-state index contributed by atoms with van der Waals surface area (Å²) in [5, 5.41) is 2.95. The summed E-state index contributed by atoms with van der Waals surface area (Å²) in [7, 11) is -0.519. The minimum Gasteiger partial charge on any atom is -0.328 e. The van der Waals surface area contributed by atoms with Gasteiger partial charge < -0.3 is 4.98 Å². The van der Waals surface area contributed by atoms with Crippen molar-refractivity contribution in [3.8, 4) is 0 Å². The molecule has 0 saturated heterocycles. The maximum absolute atomic E-state index is 12.2. The molecule has 3 heterocycles. The van der Waals surface area contributed by atoms with E-state index < -0.39 is 21.7 Å². The molecular formula is C14H17N5O4S2. The second-order valence-electron chi connectivity index (χ2n) is 5.63. The van der Waals surface area contributed by atoms with Gasteiger partial charge in [0.05, 0.1) is 12.2 Å². The zero-order chi connectivity index (χ0) is 18.2. The van der Waals surface area contributed by atoms with Gasteiger partial charge in [-0.25, -0.2) is 4.98 Å². The fourth-order valence-corrected chi connectivity index (χ4v) is 4.59. The van der Waals surface area contributed by atoms with Crippen LogP contribution in [0.1, 0.15) is 20.9 Å². The molecule has 0 aromatic carbocycles. The second kappa shape index (κ2) is 6.67. The third kappa shape index (κ3) is 3.49. The van der Waals surface area contributed by atoms with E-state index in [-0.39, 0.29) is 12.1 Å². The number of hydrogen-bond acceptors (Lipinski definition) is 6. The minimum atomic E-state index is -3.49. The summed E-state index contributed by atoms with van der Waals surface area (Å²) in [5.41, 5.74) is 0.282. The Morgan fingerprint density at radius 2 is 2.20 bits per heavy atom. The van der Waals surface area contributed by atoms with Crippen LogP contribution in [-0.4, -0.2) is 53.5 Å². The lowest BCUT2D eigenvalue weighted by atomic mass is 10.2. The maximum atomic E-state index is 12.2. The molecule has 134 valence electrons. The number of amides is 1. The average molecular weight is 383 g/mol. The third-order valence-corrected chi connectivity index (χ3v) is 6.65. The standard InChI is InChI=1S/C14H17N5O4S2/c1-18(2)25(22,23)19-7-5-10-11(8-19)24-14(16-10)17-13(21)9-4-3-6-15-12(9)20/h3-4,6H,5,7-8H2,1-2H3,(H,15,20)(H,16,17,21). The van der Waals surface area contributed by atoms with E-state index >= 15 is 0 Å². The zero-order valence-electron chi connectivity index (χ0n) is 13.6. The summed E-state index contributed by atoms with van der Waals surface area (Å²) in [6, 6.07) is 2.99. The number of carbonyl (C=O) groups is 1. The number of aromatic nitrogens is 2. The summed E-state index contributed by atoms with van der Waals surface area (Å²) in [4.78, 5) is 31.4. The predicted octanol–water partition coefficient (Wildman–Crippen LogP) is 0.248. The summed E-state index contributed by atoms with van der Waals surface area (Å²) in [5.74, 6) is -0.550. The first-order valence-corrected chi connectivity index (χ1v) is 9.65. The van der Waals surface area contributed by atoms with Crippen LogP contribution >= 0.6 is 11.3 Å². The first kappa shape index (κ1) is 17.7. The van der Waals surface area contributed by atoms with E-state index in [1.807, 2.05) is 0 Å². The summed E-state index contributed by atoms with van der Waals surface area (Å²) >= 11 is 1.22. The number of pyridine rings is 1. The van der Waals surface area contributed by atoms with Crippen molar-refractivity contribution in [1.29, 1.82) is 0 Å². The smallest absolute Gasteiger partial charge is 0.281 e. The molecule has 11 heteroatoms. The van der Waals surface area contributed by atoms with E-state index in [0.717, 1.165) is 10.6 Å². The van der Waals surface area contributed by atoms with Gasteiger partial charge in [0, 0.05) is 38.1 Å². The predicted molar refractivity (Wildman–Crippen MR) is 93.9 cm³/mol. The monoisotopic (exact) mass is 383 g/mol. The van der Waals surface area contributed by atoms with Crippen LogP contribution in [0.5, 0.6) is 0 Å². The van der Waals surface area contributed by atoms with Crippen molar-refractivity contribution in [3.05, 3.63) is 44.8 Å². The molecule has 0 spiro atoms. The van der Waals surface area contributed by atoms with Crippen LogP contribution in [0.3, 0.4) is 0 Å². The second-order valence-corrected chi connectivity index (χ2v) is 8.86. The van der Waals surface area contributed by atoms with Crippen molar-refractivity contribution in [3.63, 3.8) is 0 Å². The lowest BCUT2D eigenvalue weighted by Crippen LogP contribution is -2.42. The molecule has 1 amide bonds. The number of fused-ring (bicyclic) bond motifs is 1. The first-order valence-electron chi connectivity index (χ1n) is 7.44. The molecule has 2 N–H and O–H groups in total. The van der Waals surface area contributed by atoms with Crippen molar-refractivity contribution in [1.82, 2.24) is 18.6 Å². The molecular weight excluding hydrogens is 366 g/mol. The van der Waals surface area contributed by atoms with E-state index in [9.17, 15) is 18.0 Å². The fourth-order valence-electron chi connectivity index (χ4n) is 2.42. The number of hydrogen-bond donors (Lipinski definition) is 2. The molecule has 0 atom stereocenters. The van der Waals surface area contributed by atoms with Crippen LogP contribution in [0.4, 0.5) is 5.13 Å². The lowest BCUT2D eigenvalue weighted by Gasteiger charge is -2.27. The highest BCUT2D eigenvalue weighted by Gasteiger charge is 2.30. The van der Waals surface area contributed by atoms with Crippen LogP contribution in [0, 0.1) is 0 Å². The number of carbonyl (C=O) groups excluding carboxylic acids is 1. The van der Waals surface area contributed by atoms with Crippen molar-refractivity contribution in [2.45, 2.75) is 13.0 Å². The van der Waals surface area contributed by atoms with E-state index in [2.05, 4.69) is 15.3 Å². The molecule has 2 aromatic rings. The molecule has 25 heavy (non-hydrogen) atoms. The number of nitrogens with one attached hydrogen (secondary N) is 2. The molecule has 0 saturated carbocycles. The zero-order valence-corrected chi connectivity index (χ0v) is 15.3. The van der Waals surface area contributed by atoms with Crippen LogP contribution in [0.25, 0.3) is 0 Å². The van der Waals surface area contributed by atoms with Crippen molar-refractivity contribution in [2.24, 2.45) is 0 Å². The van der Waals surface area contributed by atoms with E-state index in [1.54, 1.807) is 6.07 Å². The van der Waals surface area contributed by atoms with Gasteiger partial charge in [-0.05, 0) is 12.1 Å². The van der Waals surface area contributed by atoms with E-state index in [1.165, 1.54) is 46.3 Å². The summed E-state index contributed by atoms with van der Waals surface area (Å²) in [6.45, 7) is 0.554. The molecule has 0 unspecified atom stereocenters. The third-order valence-electron chi connectivity index (χ3n) is 3.77.